The number of imidazole rings is 1. The predicted molar refractivity (Wildman–Crippen MR) is 51.7 cm³/mol. The van der Waals surface area contributed by atoms with E-state index in [1.54, 1.807) is 4.57 Å². The lowest BCUT2D eigenvalue weighted by Gasteiger charge is -2.21. The standard InChI is InChI=1S/C8H8Cl2N2O2/c9-6-5-2-1-4(7(13)14)3-12(5)8(10)11-6/h4H,1-3H2,(H,13,14). The Labute approximate surface area is 90.5 Å². The molecule has 1 N–H and O–H groups in total. The second kappa shape index (κ2) is 3.44. The lowest BCUT2D eigenvalue weighted by Crippen LogP contribution is -2.26. The van der Waals surface area contributed by atoms with Crippen LogP contribution in [0.5, 0.6) is 0 Å². The number of carboxylic acids is 1. The number of carboxylic acid groups (broad SMARTS) is 1. The third-order valence-corrected chi connectivity index (χ3v) is 3.05. The summed E-state index contributed by atoms with van der Waals surface area (Å²) in [5, 5.41) is 9.51. The second-order valence-electron chi connectivity index (χ2n) is 3.30. The summed E-state index contributed by atoms with van der Waals surface area (Å²) in [6.45, 7) is 0.364. The van der Waals surface area contributed by atoms with Crippen molar-refractivity contribution < 1.29 is 9.90 Å². The Hall–Kier alpha value is -0.740. The predicted octanol–water partition coefficient (Wildman–Crippen LogP) is 1.84. The normalized spacial score (nSPS) is 20.6. The Morgan fingerprint density at radius 3 is 2.93 bits per heavy atom. The molecule has 2 heterocycles. The first kappa shape index (κ1) is 9.80. The van der Waals surface area contributed by atoms with Crippen LogP contribution in [0.4, 0.5) is 0 Å². The smallest absolute Gasteiger partial charge is 0.308 e. The Bertz CT molecular complexity index is 389. The minimum Gasteiger partial charge on any atom is -0.481 e. The molecule has 1 aliphatic heterocycles. The van der Waals surface area contributed by atoms with Gasteiger partial charge in [-0.05, 0) is 24.4 Å². The Morgan fingerprint density at radius 1 is 1.57 bits per heavy atom. The topological polar surface area (TPSA) is 55.1 Å². The molecule has 1 aliphatic rings. The van der Waals surface area contributed by atoms with Crippen LogP contribution in [0.3, 0.4) is 0 Å². The third kappa shape index (κ3) is 1.48. The van der Waals surface area contributed by atoms with E-state index in [1.807, 2.05) is 0 Å². The van der Waals surface area contributed by atoms with Gasteiger partial charge >= 0.3 is 5.97 Å². The molecule has 0 amide bonds. The van der Waals surface area contributed by atoms with Gasteiger partial charge in [-0.15, -0.1) is 0 Å². The molecule has 0 fully saturated rings. The summed E-state index contributed by atoms with van der Waals surface area (Å²) in [5.74, 6) is -1.18. The molecule has 0 bridgehead atoms. The molecule has 6 heteroatoms. The number of hydrogen-bond acceptors (Lipinski definition) is 2. The highest BCUT2D eigenvalue weighted by Gasteiger charge is 2.27. The van der Waals surface area contributed by atoms with Crippen LogP contribution in [0.2, 0.25) is 10.4 Å². The maximum absolute atomic E-state index is 10.8. The number of fused-ring (bicyclic) bond motifs is 1. The summed E-state index contributed by atoms with van der Waals surface area (Å²) < 4.78 is 1.67. The molecule has 0 saturated heterocycles. The van der Waals surface area contributed by atoms with Crippen molar-refractivity contribution >= 4 is 29.2 Å². The lowest BCUT2D eigenvalue weighted by atomic mass is 9.99. The van der Waals surface area contributed by atoms with Crippen LogP contribution in [-0.4, -0.2) is 20.6 Å². The van der Waals surface area contributed by atoms with E-state index in [2.05, 4.69) is 4.98 Å². The second-order valence-corrected chi connectivity index (χ2v) is 4.00. The summed E-state index contributed by atoms with van der Waals surface area (Å²) in [4.78, 5) is 14.7. The number of hydrogen-bond donors (Lipinski definition) is 1. The molecule has 1 aromatic heterocycles. The van der Waals surface area contributed by atoms with Gasteiger partial charge in [0.25, 0.3) is 0 Å². The van der Waals surface area contributed by atoms with Crippen molar-refractivity contribution in [1.82, 2.24) is 9.55 Å². The number of aliphatic carboxylic acids is 1. The fraction of sp³-hybridized carbons (Fsp3) is 0.500. The highest BCUT2D eigenvalue weighted by Crippen LogP contribution is 2.29. The van der Waals surface area contributed by atoms with Gasteiger partial charge in [-0.2, -0.15) is 0 Å². The first-order valence-corrected chi connectivity index (χ1v) is 4.98. The number of aromatic nitrogens is 2. The van der Waals surface area contributed by atoms with E-state index in [0.717, 1.165) is 5.69 Å². The molecule has 1 aromatic rings. The molecule has 1 atom stereocenters. The molecule has 76 valence electrons. The summed E-state index contributed by atoms with van der Waals surface area (Å²) in [7, 11) is 0. The van der Waals surface area contributed by atoms with Crippen molar-refractivity contribution in [1.29, 1.82) is 0 Å². The van der Waals surface area contributed by atoms with E-state index >= 15 is 0 Å². The third-order valence-electron chi connectivity index (χ3n) is 2.46. The van der Waals surface area contributed by atoms with Crippen molar-refractivity contribution in [2.75, 3.05) is 0 Å². The Morgan fingerprint density at radius 2 is 2.29 bits per heavy atom. The van der Waals surface area contributed by atoms with Gasteiger partial charge in [0.15, 0.2) is 5.15 Å². The van der Waals surface area contributed by atoms with Crippen molar-refractivity contribution in [2.45, 2.75) is 19.4 Å². The molecule has 0 aliphatic carbocycles. The van der Waals surface area contributed by atoms with E-state index in [4.69, 9.17) is 28.3 Å². The van der Waals surface area contributed by atoms with E-state index in [-0.39, 0.29) is 11.2 Å². The summed E-state index contributed by atoms with van der Waals surface area (Å²) >= 11 is 11.6. The van der Waals surface area contributed by atoms with Crippen LogP contribution >= 0.6 is 23.2 Å². The maximum Gasteiger partial charge on any atom is 0.308 e. The summed E-state index contributed by atoms with van der Waals surface area (Å²) in [6.07, 6.45) is 1.21. The minimum atomic E-state index is -0.795. The first-order valence-electron chi connectivity index (χ1n) is 4.23. The molecule has 0 saturated carbocycles. The number of nitrogens with zero attached hydrogens (tertiary/aromatic N) is 2. The van der Waals surface area contributed by atoms with Crippen LogP contribution in [0, 0.1) is 5.92 Å². The lowest BCUT2D eigenvalue weighted by molar-refractivity contribution is -0.142. The van der Waals surface area contributed by atoms with Crippen molar-refractivity contribution in [3.8, 4) is 0 Å². The van der Waals surface area contributed by atoms with Gasteiger partial charge < -0.3 is 9.67 Å². The molecular formula is C8H8Cl2N2O2. The molecular weight excluding hydrogens is 227 g/mol. The van der Waals surface area contributed by atoms with Crippen molar-refractivity contribution in [2.24, 2.45) is 5.92 Å². The number of carbonyl (C=O) groups is 1. The zero-order valence-electron chi connectivity index (χ0n) is 7.20. The summed E-state index contributed by atoms with van der Waals surface area (Å²) in [6, 6.07) is 0. The van der Waals surface area contributed by atoms with Gasteiger partial charge in [0.1, 0.15) is 0 Å². The molecule has 4 nitrogen and oxygen atoms in total. The zero-order chi connectivity index (χ0) is 10.3. The minimum absolute atomic E-state index is 0.274. The average molecular weight is 235 g/mol. The molecule has 14 heavy (non-hydrogen) atoms. The SMILES string of the molecule is O=C(O)C1CCc2c(Cl)nc(Cl)n2C1. The van der Waals surface area contributed by atoms with Gasteiger partial charge in [0, 0.05) is 6.54 Å². The average Bonchev–Trinajstić information content (AvgIpc) is 2.42. The fourth-order valence-corrected chi connectivity index (χ4v) is 2.25. The van der Waals surface area contributed by atoms with Crippen molar-refractivity contribution in [3.05, 3.63) is 16.1 Å². The van der Waals surface area contributed by atoms with Gasteiger partial charge in [-0.3, -0.25) is 4.79 Å². The van der Waals surface area contributed by atoms with E-state index in [0.29, 0.717) is 24.5 Å². The largest absolute Gasteiger partial charge is 0.481 e. The zero-order valence-corrected chi connectivity index (χ0v) is 8.72. The molecule has 0 spiro atoms. The van der Waals surface area contributed by atoms with Crippen molar-refractivity contribution in [3.63, 3.8) is 0 Å². The Balaban J connectivity index is 2.34. The quantitative estimate of drug-likeness (QED) is 0.807. The van der Waals surface area contributed by atoms with Crippen LogP contribution in [0.1, 0.15) is 12.1 Å². The first-order chi connectivity index (χ1) is 6.59. The van der Waals surface area contributed by atoms with Crippen LogP contribution in [0.15, 0.2) is 0 Å². The van der Waals surface area contributed by atoms with Crippen LogP contribution in [-0.2, 0) is 17.8 Å². The van der Waals surface area contributed by atoms with Gasteiger partial charge in [-0.25, -0.2) is 4.98 Å². The van der Waals surface area contributed by atoms with E-state index in [1.165, 1.54) is 0 Å². The van der Waals surface area contributed by atoms with Gasteiger partial charge in [-0.1, -0.05) is 11.6 Å². The number of rotatable bonds is 1. The Kier molecular flexibility index (Phi) is 2.41. The fourth-order valence-electron chi connectivity index (χ4n) is 1.68. The van der Waals surface area contributed by atoms with Crippen LogP contribution < -0.4 is 0 Å². The van der Waals surface area contributed by atoms with E-state index in [9.17, 15) is 4.79 Å². The van der Waals surface area contributed by atoms with Gasteiger partial charge in [0.2, 0.25) is 5.28 Å². The summed E-state index contributed by atoms with van der Waals surface area (Å²) in [5.41, 5.74) is 0.842. The number of halogens is 2. The highest BCUT2D eigenvalue weighted by molar-refractivity contribution is 6.32. The molecule has 2 rings (SSSR count). The molecule has 0 radical (unpaired) electrons. The highest BCUT2D eigenvalue weighted by atomic mass is 35.5. The molecule has 1 unspecified atom stereocenters. The monoisotopic (exact) mass is 234 g/mol. The maximum atomic E-state index is 10.8. The van der Waals surface area contributed by atoms with E-state index < -0.39 is 5.97 Å². The molecule has 0 aromatic carbocycles. The van der Waals surface area contributed by atoms with Gasteiger partial charge in [0.05, 0.1) is 11.6 Å². The van der Waals surface area contributed by atoms with Crippen LogP contribution in [0.25, 0.3) is 0 Å².